The van der Waals surface area contributed by atoms with Gasteiger partial charge in [-0.1, -0.05) is 35.0 Å². The molecule has 0 aromatic heterocycles. The Labute approximate surface area is 132 Å². The maximum absolute atomic E-state index is 12.3. The average Bonchev–Trinajstić information content (AvgIpc) is 2.80. The van der Waals surface area contributed by atoms with E-state index in [9.17, 15) is 4.79 Å². The van der Waals surface area contributed by atoms with E-state index in [2.05, 4.69) is 22.9 Å². The number of hydrogen-bond acceptors (Lipinski definition) is 2. The van der Waals surface area contributed by atoms with Crippen LogP contribution in [0.4, 0.5) is 11.4 Å². The third-order valence-electron chi connectivity index (χ3n) is 3.43. The molecule has 3 rings (SSSR count). The molecule has 4 heteroatoms. The van der Waals surface area contributed by atoms with Crippen molar-refractivity contribution < 1.29 is 9.53 Å². The predicted octanol–water partition coefficient (Wildman–Crippen LogP) is 4.46. The molecule has 1 aliphatic heterocycles. The summed E-state index contributed by atoms with van der Waals surface area (Å²) in [5.74, 6) is 0.890. The van der Waals surface area contributed by atoms with Crippen molar-refractivity contribution in [3.8, 4) is 5.75 Å². The number of carbonyl (C=O) groups is 1. The monoisotopic (exact) mass is 345 g/mol. The van der Waals surface area contributed by atoms with Crippen LogP contribution in [0.2, 0.25) is 0 Å². The predicted molar refractivity (Wildman–Crippen MR) is 87.2 cm³/mol. The van der Waals surface area contributed by atoms with Crippen molar-refractivity contribution in [1.82, 2.24) is 0 Å². The largest absolute Gasteiger partial charge is 0.494 e. The van der Waals surface area contributed by atoms with Crippen LogP contribution in [0.15, 0.2) is 46.9 Å². The highest BCUT2D eigenvalue weighted by Crippen LogP contribution is 2.38. The Morgan fingerprint density at radius 3 is 2.90 bits per heavy atom. The SMILES string of the molecule is CCCOc1cccc(N2C(=O)Cc3ccc(Br)cc32)c1. The van der Waals surface area contributed by atoms with Gasteiger partial charge in [-0.15, -0.1) is 0 Å². The van der Waals surface area contributed by atoms with Crippen molar-refractivity contribution >= 4 is 33.2 Å². The highest BCUT2D eigenvalue weighted by Gasteiger charge is 2.28. The van der Waals surface area contributed by atoms with Gasteiger partial charge in [-0.2, -0.15) is 0 Å². The Morgan fingerprint density at radius 2 is 2.10 bits per heavy atom. The van der Waals surface area contributed by atoms with E-state index in [0.29, 0.717) is 13.0 Å². The van der Waals surface area contributed by atoms with Crippen molar-refractivity contribution in [2.45, 2.75) is 19.8 Å². The molecule has 0 bridgehead atoms. The molecule has 3 nitrogen and oxygen atoms in total. The fourth-order valence-corrected chi connectivity index (χ4v) is 2.84. The lowest BCUT2D eigenvalue weighted by Gasteiger charge is -2.18. The van der Waals surface area contributed by atoms with Gasteiger partial charge in [-0.05, 0) is 36.2 Å². The van der Waals surface area contributed by atoms with E-state index in [0.717, 1.165) is 33.6 Å². The average molecular weight is 346 g/mol. The Morgan fingerprint density at radius 1 is 1.24 bits per heavy atom. The quantitative estimate of drug-likeness (QED) is 0.818. The molecule has 1 aliphatic rings. The summed E-state index contributed by atoms with van der Waals surface area (Å²) in [5.41, 5.74) is 2.86. The number of carbonyl (C=O) groups excluding carboxylic acids is 1. The van der Waals surface area contributed by atoms with Crippen molar-refractivity contribution in [2.24, 2.45) is 0 Å². The van der Waals surface area contributed by atoms with Gasteiger partial charge in [-0.3, -0.25) is 9.69 Å². The number of amides is 1. The number of anilines is 2. The Balaban J connectivity index is 1.97. The normalized spacial score (nSPS) is 13.4. The number of ether oxygens (including phenoxy) is 1. The highest BCUT2D eigenvalue weighted by molar-refractivity contribution is 9.10. The standard InChI is InChI=1S/C17H16BrNO2/c1-2-8-21-15-5-3-4-14(11-15)19-16-10-13(18)7-6-12(16)9-17(19)20/h3-7,10-11H,2,8-9H2,1H3. The van der Waals surface area contributed by atoms with Crippen LogP contribution in [0, 0.1) is 0 Å². The minimum Gasteiger partial charge on any atom is -0.494 e. The summed E-state index contributed by atoms with van der Waals surface area (Å²) in [6, 6.07) is 13.6. The van der Waals surface area contributed by atoms with Gasteiger partial charge in [0, 0.05) is 10.5 Å². The van der Waals surface area contributed by atoms with Gasteiger partial charge in [0.15, 0.2) is 0 Å². The summed E-state index contributed by atoms with van der Waals surface area (Å²) in [6.45, 7) is 2.75. The highest BCUT2D eigenvalue weighted by atomic mass is 79.9. The second-order valence-electron chi connectivity index (χ2n) is 5.02. The fraction of sp³-hybridized carbons (Fsp3) is 0.235. The van der Waals surface area contributed by atoms with E-state index in [1.54, 1.807) is 4.90 Å². The van der Waals surface area contributed by atoms with Crippen LogP contribution in [0.1, 0.15) is 18.9 Å². The van der Waals surface area contributed by atoms with Crippen molar-refractivity contribution in [3.05, 3.63) is 52.5 Å². The van der Waals surface area contributed by atoms with Crippen LogP contribution in [0.5, 0.6) is 5.75 Å². The molecule has 21 heavy (non-hydrogen) atoms. The molecular weight excluding hydrogens is 330 g/mol. The Hall–Kier alpha value is -1.81. The molecule has 1 heterocycles. The van der Waals surface area contributed by atoms with Gasteiger partial charge in [0.05, 0.1) is 24.4 Å². The summed E-state index contributed by atoms with van der Waals surface area (Å²) < 4.78 is 6.63. The molecule has 2 aromatic rings. The van der Waals surface area contributed by atoms with Gasteiger partial charge in [0.25, 0.3) is 0 Å². The van der Waals surface area contributed by atoms with Crippen LogP contribution >= 0.6 is 15.9 Å². The third kappa shape index (κ3) is 2.81. The van der Waals surface area contributed by atoms with E-state index in [1.165, 1.54) is 0 Å². The van der Waals surface area contributed by atoms with E-state index in [1.807, 2.05) is 42.5 Å². The molecule has 0 unspecified atom stereocenters. The summed E-state index contributed by atoms with van der Waals surface area (Å²) in [5, 5.41) is 0. The first-order valence-electron chi connectivity index (χ1n) is 7.03. The second-order valence-corrected chi connectivity index (χ2v) is 5.94. The summed E-state index contributed by atoms with van der Waals surface area (Å²) in [7, 11) is 0. The molecule has 0 saturated heterocycles. The number of hydrogen-bond donors (Lipinski definition) is 0. The molecule has 108 valence electrons. The van der Waals surface area contributed by atoms with Gasteiger partial charge in [-0.25, -0.2) is 0 Å². The first-order valence-corrected chi connectivity index (χ1v) is 7.82. The third-order valence-corrected chi connectivity index (χ3v) is 3.92. The zero-order valence-corrected chi connectivity index (χ0v) is 13.4. The van der Waals surface area contributed by atoms with Crippen LogP contribution in [0.3, 0.4) is 0 Å². The topological polar surface area (TPSA) is 29.5 Å². The lowest BCUT2D eigenvalue weighted by atomic mass is 10.2. The van der Waals surface area contributed by atoms with E-state index in [-0.39, 0.29) is 5.91 Å². The summed E-state index contributed by atoms with van der Waals surface area (Å²) >= 11 is 3.47. The van der Waals surface area contributed by atoms with Crippen molar-refractivity contribution in [3.63, 3.8) is 0 Å². The van der Waals surface area contributed by atoms with Crippen LogP contribution < -0.4 is 9.64 Å². The lowest BCUT2D eigenvalue weighted by molar-refractivity contribution is -0.116. The molecule has 0 saturated carbocycles. The summed E-state index contributed by atoms with van der Waals surface area (Å²) in [6.07, 6.45) is 1.41. The molecule has 0 spiro atoms. The molecule has 2 aromatic carbocycles. The van der Waals surface area contributed by atoms with Crippen LogP contribution in [-0.2, 0) is 11.2 Å². The molecule has 0 fully saturated rings. The number of benzene rings is 2. The zero-order chi connectivity index (χ0) is 14.8. The maximum Gasteiger partial charge on any atom is 0.236 e. The summed E-state index contributed by atoms with van der Waals surface area (Å²) in [4.78, 5) is 14.1. The van der Waals surface area contributed by atoms with E-state index >= 15 is 0 Å². The molecule has 0 atom stereocenters. The van der Waals surface area contributed by atoms with E-state index in [4.69, 9.17) is 4.74 Å². The molecule has 0 radical (unpaired) electrons. The molecule has 0 aliphatic carbocycles. The smallest absolute Gasteiger partial charge is 0.236 e. The maximum atomic E-state index is 12.3. The fourth-order valence-electron chi connectivity index (χ4n) is 2.49. The number of fused-ring (bicyclic) bond motifs is 1. The zero-order valence-electron chi connectivity index (χ0n) is 11.8. The number of halogens is 1. The van der Waals surface area contributed by atoms with Crippen molar-refractivity contribution in [1.29, 1.82) is 0 Å². The first kappa shape index (κ1) is 14.1. The van der Waals surface area contributed by atoms with Gasteiger partial charge in [0.1, 0.15) is 5.75 Å². The van der Waals surface area contributed by atoms with Crippen molar-refractivity contribution in [2.75, 3.05) is 11.5 Å². The van der Waals surface area contributed by atoms with E-state index < -0.39 is 0 Å². The van der Waals surface area contributed by atoms with Gasteiger partial charge in [0.2, 0.25) is 5.91 Å². The Kier molecular flexibility index (Phi) is 3.97. The van der Waals surface area contributed by atoms with Gasteiger partial charge < -0.3 is 4.74 Å². The first-order chi connectivity index (χ1) is 10.2. The van der Waals surface area contributed by atoms with Crippen LogP contribution in [-0.4, -0.2) is 12.5 Å². The van der Waals surface area contributed by atoms with Gasteiger partial charge >= 0.3 is 0 Å². The number of nitrogens with zero attached hydrogens (tertiary/aromatic N) is 1. The minimum atomic E-state index is 0.0933. The minimum absolute atomic E-state index is 0.0933. The molecule has 0 N–H and O–H groups in total. The van der Waals surface area contributed by atoms with Crippen LogP contribution in [0.25, 0.3) is 0 Å². The lowest BCUT2D eigenvalue weighted by Crippen LogP contribution is -2.20. The number of rotatable bonds is 4. The Bertz CT molecular complexity index is 684. The molecular formula is C17H16BrNO2. The molecule has 1 amide bonds. The second kappa shape index (κ2) is 5.90.